The number of hydrogen-bond acceptors (Lipinski definition) is 2. The van der Waals surface area contributed by atoms with E-state index in [0.29, 0.717) is 6.42 Å². The van der Waals surface area contributed by atoms with Gasteiger partial charge in [-0.2, -0.15) is 0 Å². The van der Waals surface area contributed by atoms with Crippen LogP contribution in [0.2, 0.25) is 0 Å². The summed E-state index contributed by atoms with van der Waals surface area (Å²) in [5.41, 5.74) is 16.1. The highest BCUT2D eigenvalue weighted by Gasteiger charge is 2.23. The van der Waals surface area contributed by atoms with Crippen molar-refractivity contribution in [2.75, 3.05) is 6.54 Å². The van der Waals surface area contributed by atoms with E-state index in [1.807, 2.05) is 20.8 Å². The Labute approximate surface area is 171 Å². The summed E-state index contributed by atoms with van der Waals surface area (Å²) < 4.78 is 0. The van der Waals surface area contributed by atoms with Crippen LogP contribution in [-0.4, -0.2) is 12.5 Å². The number of aryl methyl sites for hydroxylation is 2. The Kier molecular flexibility index (Phi) is 8.90. The van der Waals surface area contributed by atoms with E-state index in [0.717, 1.165) is 24.9 Å². The molecule has 28 heavy (non-hydrogen) atoms. The molecule has 0 aliphatic carbocycles. The van der Waals surface area contributed by atoms with Gasteiger partial charge in [0.1, 0.15) is 0 Å². The molecule has 0 saturated heterocycles. The normalized spacial score (nSPS) is 13.2. The van der Waals surface area contributed by atoms with Crippen molar-refractivity contribution in [1.82, 2.24) is 0 Å². The Bertz CT molecular complexity index is 732. The van der Waals surface area contributed by atoms with E-state index in [-0.39, 0.29) is 16.7 Å². The number of carbonyl (C=O) groups excluding carboxylic acids is 1. The van der Waals surface area contributed by atoms with Crippen LogP contribution in [0, 0.1) is 13.8 Å². The molecule has 154 valence electrons. The molecule has 0 aromatic heterocycles. The van der Waals surface area contributed by atoms with Crippen molar-refractivity contribution in [3.8, 4) is 0 Å². The fourth-order valence-corrected chi connectivity index (χ4v) is 3.34. The Morgan fingerprint density at radius 2 is 1.29 bits per heavy atom. The minimum absolute atomic E-state index is 0.167. The second-order valence-corrected chi connectivity index (χ2v) is 8.71. The molecule has 1 unspecified atom stereocenters. The highest BCUT2D eigenvalue weighted by Crippen LogP contribution is 2.30. The topological polar surface area (TPSA) is 69.1 Å². The Balaban J connectivity index is 0.000000280. The zero-order valence-corrected chi connectivity index (χ0v) is 18.5. The number of primary amides is 1. The van der Waals surface area contributed by atoms with Crippen LogP contribution in [0.5, 0.6) is 0 Å². The van der Waals surface area contributed by atoms with Crippen LogP contribution in [0.15, 0.2) is 48.5 Å². The van der Waals surface area contributed by atoms with Crippen LogP contribution in [0.4, 0.5) is 0 Å². The first kappa shape index (κ1) is 23.9. The minimum atomic E-state index is -0.254. The van der Waals surface area contributed by atoms with Crippen LogP contribution in [0.3, 0.4) is 0 Å². The summed E-state index contributed by atoms with van der Waals surface area (Å²) in [5, 5.41) is 0. The van der Waals surface area contributed by atoms with Gasteiger partial charge in [0, 0.05) is 6.42 Å². The fraction of sp³-hybridized carbons (Fsp3) is 0.480. The maximum atomic E-state index is 10.9. The maximum Gasteiger partial charge on any atom is 0.218 e. The Morgan fingerprint density at radius 1 is 0.857 bits per heavy atom. The second-order valence-electron chi connectivity index (χ2n) is 8.71. The summed E-state index contributed by atoms with van der Waals surface area (Å²) in [5.74, 6) is -0.254. The van der Waals surface area contributed by atoms with E-state index in [1.54, 1.807) is 0 Å². The first-order valence-electron chi connectivity index (χ1n) is 10.2. The standard InChI is InChI=1S/C13H21N.C12H17NO/c1-4-13(3,9-10-14)12-7-5-11(2)6-8-12;1-9-4-6-10(7-5-9)12(2,3)8-11(13)14/h5-8H,4,9-10,14H2,1-3H3;4-7H,8H2,1-3H3,(H2,13,14). The van der Waals surface area contributed by atoms with Gasteiger partial charge in [-0.25, -0.2) is 0 Å². The molecule has 0 heterocycles. The molecule has 4 N–H and O–H groups in total. The number of rotatable bonds is 7. The number of benzene rings is 2. The smallest absolute Gasteiger partial charge is 0.218 e. The molecule has 0 radical (unpaired) electrons. The minimum Gasteiger partial charge on any atom is -0.370 e. The van der Waals surface area contributed by atoms with Crippen molar-refractivity contribution in [1.29, 1.82) is 0 Å². The molecule has 0 bridgehead atoms. The molecular weight excluding hydrogens is 344 g/mol. The molecule has 0 saturated carbocycles. The summed E-state index contributed by atoms with van der Waals surface area (Å²) in [6.07, 6.45) is 2.59. The maximum absolute atomic E-state index is 10.9. The van der Waals surface area contributed by atoms with Crippen LogP contribution in [0.1, 0.15) is 69.2 Å². The number of nitrogens with two attached hydrogens (primary N) is 2. The molecule has 3 nitrogen and oxygen atoms in total. The quantitative estimate of drug-likeness (QED) is 0.694. The average molecular weight is 383 g/mol. The van der Waals surface area contributed by atoms with E-state index in [9.17, 15) is 4.79 Å². The van der Waals surface area contributed by atoms with Crippen molar-refractivity contribution < 1.29 is 4.79 Å². The third-order valence-corrected chi connectivity index (χ3v) is 5.67. The number of hydrogen-bond donors (Lipinski definition) is 2. The average Bonchev–Trinajstić information content (AvgIpc) is 2.62. The van der Waals surface area contributed by atoms with E-state index < -0.39 is 0 Å². The van der Waals surface area contributed by atoms with Gasteiger partial charge in [-0.05, 0) is 55.2 Å². The summed E-state index contributed by atoms with van der Waals surface area (Å²) in [4.78, 5) is 10.9. The summed E-state index contributed by atoms with van der Waals surface area (Å²) in [6, 6.07) is 17.0. The van der Waals surface area contributed by atoms with E-state index in [4.69, 9.17) is 11.5 Å². The van der Waals surface area contributed by atoms with Gasteiger partial charge >= 0.3 is 0 Å². The summed E-state index contributed by atoms with van der Waals surface area (Å²) in [6.45, 7) is 13.5. The van der Waals surface area contributed by atoms with E-state index >= 15 is 0 Å². The van der Waals surface area contributed by atoms with Crippen molar-refractivity contribution in [2.24, 2.45) is 11.5 Å². The molecular formula is C25H38N2O. The van der Waals surface area contributed by atoms with Crippen molar-refractivity contribution in [3.05, 3.63) is 70.8 Å². The third kappa shape index (κ3) is 7.12. The molecule has 0 aliphatic heterocycles. The summed E-state index contributed by atoms with van der Waals surface area (Å²) in [7, 11) is 0. The lowest BCUT2D eigenvalue weighted by Crippen LogP contribution is -2.26. The van der Waals surface area contributed by atoms with Crippen molar-refractivity contribution in [3.63, 3.8) is 0 Å². The predicted octanol–water partition coefficient (Wildman–Crippen LogP) is 5.16. The predicted molar refractivity (Wildman–Crippen MR) is 121 cm³/mol. The summed E-state index contributed by atoms with van der Waals surface area (Å²) >= 11 is 0. The Morgan fingerprint density at radius 3 is 1.64 bits per heavy atom. The van der Waals surface area contributed by atoms with Crippen LogP contribution in [0.25, 0.3) is 0 Å². The monoisotopic (exact) mass is 382 g/mol. The molecule has 2 rings (SSSR count). The Hall–Kier alpha value is -2.13. The molecule has 0 aliphatic rings. The third-order valence-electron chi connectivity index (χ3n) is 5.67. The largest absolute Gasteiger partial charge is 0.370 e. The molecule has 2 aromatic carbocycles. The molecule has 3 heteroatoms. The molecule has 0 fully saturated rings. The van der Waals surface area contributed by atoms with Gasteiger partial charge < -0.3 is 11.5 Å². The molecule has 0 spiro atoms. The van der Waals surface area contributed by atoms with Gasteiger partial charge in [0.05, 0.1) is 0 Å². The first-order chi connectivity index (χ1) is 13.0. The molecule has 1 atom stereocenters. The lowest BCUT2D eigenvalue weighted by molar-refractivity contribution is -0.119. The fourth-order valence-electron chi connectivity index (χ4n) is 3.34. The molecule has 2 aromatic rings. The zero-order valence-electron chi connectivity index (χ0n) is 18.5. The van der Waals surface area contributed by atoms with Crippen LogP contribution >= 0.6 is 0 Å². The highest BCUT2D eigenvalue weighted by molar-refractivity contribution is 5.75. The zero-order chi connectivity index (χ0) is 21.4. The van der Waals surface area contributed by atoms with Gasteiger partial charge in [-0.1, -0.05) is 87.4 Å². The van der Waals surface area contributed by atoms with Gasteiger partial charge in [-0.3, -0.25) is 4.79 Å². The SMILES string of the molecule is CCC(C)(CCN)c1ccc(C)cc1.Cc1ccc(C(C)(C)CC(N)=O)cc1. The second kappa shape index (κ2) is 10.4. The lowest BCUT2D eigenvalue weighted by Gasteiger charge is -2.28. The number of carbonyl (C=O) groups is 1. The van der Waals surface area contributed by atoms with Crippen LogP contribution < -0.4 is 11.5 Å². The van der Waals surface area contributed by atoms with Gasteiger partial charge in [0.15, 0.2) is 0 Å². The molecule has 1 amide bonds. The van der Waals surface area contributed by atoms with E-state index in [1.165, 1.54) is 16.7 Å². The highest BCUT2D eigenvalue weighted by atomic mass is 16.1. The number of amides is 1. The van der Waals surface area contributed by atoms with Crippen LogP contribution in [-0.2, 0) is 15.6 Å². The van der Waals surface area contributed by atoms with Gasteiger partial charge in [0.25, 0.3) is 0 Å². The van der Waals surface area contributed by atoms with Crippen molar-refractivity contribution >= 4 is 5.91 Å². The van der Waals surface area contributed by atoms with Crippen molar-refractivity contribution in [2.45, 2.75) is 71.6 Å². The van der Waals surface area contributed by atoms with E-state index in [2.05, 4.69) is 69.3 Å². The lowest BCUT2D eigenvalue weighted by atomic mass is 9.77. The van der Waals surface area contributed by atoms with Gasteiger partial charge in [0.2, 0.25) is 5.91 Å². The first-order valence-corrected chi connectivity index (χ1v) is 10.2. The van der Waals surface area contributed by atoms with Gasteiger partial charge in [-0.15, -0.1) is 0 Å².